The Kier molecular flexibility index (Phi) is 7.13. The fourth-order valence-corrected chi connectivity index (χ4v) is 4.11. The lowest BCUT2D eigenvalue weighted by Crippen LogP contribution is -2.39. The lowest BCUT2D eigenvalue weighted by molar-refractivity contribution is -0.118. The first-order valence-corrected chi connectivity index (χ1v) is 11.1. The molecule has 1 aliphatic carbocycles. The highest BCUT2D eigenvalue weighted by atomic mass is 32.2. The first kappa shape index (κ1) is 21.2. The second-order valence-corrected chi connectivity index (χ2v) is 8.01. The molecule has 3 N–H and O–H groups in total. The molecule has 0 saturated heterocycles. The molecule has 29 heavy (non-hydrogen) atoms. The van der Waals surface area contributed by atoms with Crippen LogP contribution in [0.1, 0.15) is 37.3 Å². The van der Waals surface area contributed by atoms with Crippen LogP contribution in [0.3, 0.4) is 0 Å². The molecule has 0 spiro atoms. The van der Waals surface area contributed by atoms with Crippen molar-refractivity contribution in [2.45, 2.75) is 42.4 Å². The number of nitrogens with two attached hydrogens (primary N) is 1. The molecule has 0 heterocycles. The van der Waals surface area contributed by atoms with Gasteiger partial charge in [0.05, 0.1) is 0 Å². The zero-order valence-corrected chi connectivity index (χ0v) is 17.8. The third kappa shape index (κ3) is 5.28. The number of hydrogen-bond acceptors (Lipinski definition) is 3. The molecule has 0 bridgehead atoms. The molecule has 1 fully saturated rings. The number of anilines is 1. The van der Waals surface area contributed by atoms with Crippen LogP contribution in [0.4, 0.5) is 5.69 Å². The van der Waals surface area contributed by atoms with Crippen LogP contribution in [-0.2, 0) is 10.5 Å². The largest absolute Gasteiger partial charge is 0.324 e. The van der Waals surface area contributed by atoms with Crippen molar-refractivity contribution in [3.05, 3.63) is 96.1 Å². The normalized spacial score (nSPS) is 19.6. The summed E-state index contributed by atoms with van der Waals surface area (Å²) in [5.74, 6) is 0.914. The Bertz CT molecular complexity index is 913. The van der Waals surface area contributed by atoms with Crippen LogP contribution in [0.25, 0.3) is 0 Å². The van der Waals surface area contributed by atoms with Gasteiger partial charge in [-0.3, -0.25) is 4.79 Å². The van der Waals surface area contributed by atoms with Gasteiger partial charge in [-0.25, -0.2) is 0 Å². The molecule has 1 saturated carbocycles. The monoisotopic (exact) mass is 404 g/mol. The van der Waals surface area contributed by atoms with Gasteiger partial charge in [-0.2, -0.15) is 0 Å². The van der Waals surface area contributed by atoms with Crippen molar-refractivity contribution in [2.24, 2.45) is 5.73 Å². The van der Waals surface area contributed by atoms with Gasteiger partial charge in [0, 0.05) is 22.3 Å². The Morgan fingerprint density at radius 3 is 2.17 bits per heavy atom. The minimum Gasteiger partial charge on any atom is -0.324 e. The fraction of sp³-hybridized carbons (Fsp3) is 0.240. The molecule has 2 unspecified atom stereocenters. The van der Waals surface area contributed by atoms with E-state index in [4.69, 9.17) is 5.73 Å². The van der Waals surface area contributed by atoms with Crippen LogP contribution in [0, 0.1) is 0 Å². The number of rotatable bonds is 6. The highest BCUT2D eigenvalue weighted by Gasteiger charge is 2.57. The molecule has 3 aromatic rings. The maximum absolute atomic E-state index is 12.6. The van der Waals surface area contributed by atoms with Crippen LogP contribution in [0.15, 0.2) is 89.8 Å². The first-order valence-electron chi connectivity index (χ1n) is 10.1. The van der Waals surface area contributed by atoms with Crippen LogP contribution >= 0.6 is 11.8 Å². The van der Waals surface area contributed by atoms with Crippen molar-refractivity contribution in [3.63, 3.8) is 0 Å². The zero-order valence-electron chi connectivity index (χ0n) is 17.0. The molecule has 0 radical (unpaired) electrons. The van der Waals surface area contributed by atoms with Gasteiger partial charge in [0.2, 0.25) is 5.91 Å². The Balaban J connectivity index is 0.00000117. The second-order valence-electron chi connectivity index (χ2n) is 6.96. The molecular weight excluding hydrogens is 376 g/mol. The molecule has 1 amide bonds. The van der Waals surface area contributed by atoms with Crippen LogP contribution < -0.4 is 11.1 Å². The van der Waals surface area contributed by atoms with Crippen LogP contribution in [-0.4, -0.2) is 11.4 Å². The molecule has 150 valence electrons. The molecule has 0 aliphatic heterocycles. The third-order valence-electron chi connectivity index (χ3n) is 4.99. The Morgan fingerprint density at radius 2 is 1.55 bits per heavy atom. The number of nitrogens with one attached hydrogen (secondary N) is 1. The summed E-state index contributed by atoms with van der Waals surface area (Å²) < 4.78 is 0. The molecule has 1 aliphatic rings. The van der Waals surface area contributed by atoms with Gasteiger partial charge in [0.15, 0.2) is 0 Å². The maximum Gasteiger partial charge on any atom is 0.245 e. The van der Waals surface area contributed by atoms with Gasteiger partial charge in [-0.1, -0.05) is 74.5 Å². The van der Waals surface area contributed by atoms with Crippen LogP contribution in [0.2, 0.25) is 0 Å². The maximum atomic E-state index is 12.6. The molecule has 3 nitrogen and oxygen atoms in total. The number of carbonyl (C=O) groups is 1. The van der Waals surface area contributed by atoms with Crippen molar-refractivity contribution in [2.75, 3.05) is 5.32 Å². The van der Waals surface area contributed by atoms with Crippen molar-refractivity contribution in [3.8, 4) is 0 Å². The van der Waals surface area contributed by atoms with E-state index in [0.717, 1.165) is 17.0 Å². The fourth-order valence-electron chi connectivity index (χ4n) is 3.25. The van der Waals surface area contributed by atoms with Crippen molar-refractivity contribution in [1.82, 2.24) is 0 Å². The average Bonchev–Trinajstić information content (AvgIpc) is 3.49. The lowest BCUT2D eigenvalue weighted by atomic mass is 10.1. The number of hydrogen-bond donors (Lipinski definition) is 2. The van der Waals surface area contributed by atoms with Crippen molar-refractivity contribution < 1.29 is 4.79 Å². The summed E-state index contributed by atoms with van der Waals surface area (Å²) in [5, 5.41) is 2.97. The Labute approximate surface area is 177 Å². The van der Waals surface area contributed by atoms with E-state index in [2.05, 4.69) is 29.6 Å². The van der Waals surface area contributed by atoms with E-state index >= 15 is 0 Å². The number of thioether (sulfide) groups is 1. The number of carbonyl (C=O) groups excluding carboxylic acids is 1. The molecule has 0 aromatic heterocycles. The van der Waals surface area contributed by atoms with E-state index in [1.165, 1.54) is 10.5 Å². The predicted octanol–water partition coefficient (Wildman–Crippen LogP) is 5.83. The summed E-state index contributed by atoms with van der Waals surface area (Å²) in [6.45, 7) is 4.00. The summed E-state index contributed by atoms with van der Waals surface area (Å²) in [6.07, 6.45) is 0.688. The van der Waals surface area contributed by atoms with E-state index in [1.54, 1.807) is 11.8 Å². The minimum atomic E-state index is -0.803. The van der Waals surface area contributed by atoms with Crippen molar-refractivity contribution >= 4 is 23.4 Å². The quantitative estimate of drug-likeness (QED) is 0.508. The standard InChI is InChI=1S/C23H22N2OS.C2H6/c24-23(15-21(23)18-9-5-2-6-10-18)22(26)25-19-11-13-20(14-12-19)27-16-17-7-3-1-4-8-17;1-2/h1-14,21H,15-16,24H2,(H,25,26);1-2H3. The molecule has 4 rings (SSSR count). The summed E-state index contributed by atoms with van der Waals surface area (Å²) in [4.78, 5) is 13.8. The SMILES string of the molecule is CC.NC1(C(=O)Nc2ccc(SCc3ccccc3)cc2)CC1c1ccccc1. The van der Waals surface area contributed by atoms with Gasteiger partial charge in [-0.05, 0) is 41.8 Å². The highest BCUT2D eigenvalue weighted by molar-refractivity contribution is 7.98. The zero-order chi connectivity index (χ0) is 20.7. The smallest absolute Gasteiger partial charge is 0.245 e. The minimum absolute atomic E-state index is 0.0967. The Hall–Kier alpha value is -2.56. The van der Waals surface area contributed by atoms with Gasteiger partial charge < -0.3 is 11.1 Å². The van der Waals surface area contributed by atoms with Gasteiger partial charge in [0.25, 0.3) is 0 Å². The van der Waals surface area contributed by atoms with Crippen LogP contribution in [0.5, 0.6) is 0 Å². The topological polar surface area (TPSA) is 55.1 Å². The third-order valence-corrected chi connectivity index (χ3v) is 6.07. The molecule has 2 atom stereocenters. The van der Waals surface area contributed by atoms with E-state index in [0.29, 0.717) is 6.42 Å². The first-order chi connectivity index (χ1) is 14.1. The Morgan fingerprint density at radius 1 is 0.966 bits per heavy atom. The average molecular weight is 405 g/mol. The number of amides is 1. The lowest BCUT2D eigenvalue weighted by Gasteiger charge is -2.13. The van der Waals surface area contributed by atoms with Gasteiger partial charge >= 0.3 is 0 Å². The van der Waals surface area contributed by atoms with Gasteiger partial charge in [0.1, 0.15) is 5.54 Å². The van der Waals surface area contributed by atoms with E-state index in [9.17, 15) is 4.79 Å². The van der Waals surface area contributed by atoms with E-state index < -0.39 is 5.54 Å². The molecule has 4 heteroatoms. The predicted molar refractivity (Wildman–Crippen MR) is 123 cm³/mol. The molecule has 3 aromatic carbocycles. The summed E-state index contributed by atoms with van der Waals surface area (Å²) >= 11 is 1.78. The summed E-state index contributed by atoms with van der Waals surface area (Å²) in [6, 6.07) is 28.3. The molecular formula is C25H28N2OS. The highest BCUT2D eigenvalue weighted by Crippen LogP contribution is 2.50. The summed E-state index contributed by atoms with van der Waals surface area (Å²) in [5.41, 5.74) is 8.75. The van der Waals surface area contributed by atoms with Gasteiger partial charge in [-0.15, -0.1) is 11.8 Å². The van der Waals surface area contributed by atoms with Crippen molar-refractivity contribution in [1.29, 1.82) is 0 Å². The second kappa shape index (κ2) is 9.77. The summed E-state index contributed by atoms with van der Waals surface area (Å²) in [7, 11) is 0. The number of benzene rings is 3. The van der Waals surface area contributed by atoms with E-state index in [-0.39, 0.29) is 11.8 Å². The van der Waals surface area contributed by atoms with E-state index in [1.807, 2.05) is 74.5 Å².